The summed E-state index contributed by atoms with van der Waals surface area (Å²) in [5.74, 6) is 1.32. The molecule has 0 saturated heterocycles. The van der Waals surface area contributed by atoms with Crippen LogP contribution in [0.3, 0.4) is 0 Å². The predicted molar refractivity (Wildman–Crippen MR) is 77.7 cm³/mol. The minimum absolute atomic E-state index is 0.468. The van der Waals surface area contributed by atoms with Crippen molar-refractivity contribution in [1.29, 1.82) is 0 Å². The fraction of sp³-hybridized carbons (Fsp3) is 0.429. The van der Waals surface area contributed by atoms with Gasteiger partial charge in [-0.25, -0.2) is 9.67 Å². The summed E-state index contributed by atoms with van der Waals surface area (Å²) in [6.45, 7) is 5.09. The van der Waals surface area contributed by atoms with E-state index in [-0.39, 0.29) is 0 Å². The maximum atomic E-state index is 10.3. The summed E-state index contributed by atoms with van der Waals surface area (Å²) in [4.78, 5) is 4.24. The molecule has 5 heteroatoms. The molecule has 0 bridgehead atoms. The zero-order valence-corrected chi connectivity index (χ0v) is 12.7. The number of rotatable bonds is 5. The van der Waals surface area contributed by atoms with Crippen molar-refractivity contribution in [2.75, 3.05) is 0 Å². The monoisotopic (exact) mass is 323 g/mol. The lowest BCUT2D eigenvalue weighted by Gasteiger charge is -2.14. The number of aromatic nitrogens is 3. The molecule has 1 aromatic carbocycles. The first-order valence-corrected chi connectivity index (χ1v) is 7.16. The van der Waals surface area contributed by atoms with Crippen LogP contribution in [0, 0.1) is 5.92 Å². The van der Waals surface area contributed by atoms with Gasteiger partial charge in [-0.2, -0.15) is 5.10 Å². The summed E-state index contributed by atoms with van der Waals surface area (Å²) < 4.78 is 2.78. The molecule has 102 valence electrons. The topological polar surface area (TPSA) is 50.9 Å². The third-order valence-electron chi connectivity index (χ3n) is 2.87. The molecule has 1 atom stereocenters. The highest BCUT2D eigenvalue weighted by molar-refractivity contribution is 9.10. The smallest absolute Gasteiger partial charge is 0.138 e. The second kappa shape index (κ2) is 6.30. The Kier molecular flexibility index (Phi) is 4.71. The number of nitrogens with zero attached hydrogens (tertiary/aromatic N) is 3. The first kappa shape index (κ1) is 14.2. The Morgan fingerprint density at radius 2 is 2.05 bits per heavy atom. The van der Waals surface area contributed by atoms with Crippen LogP contribution in [0.4, 0.5) is 0 Å². The van der Waals surface area contributed by atoms with Crippen LogP contribution in [-0.2, 0) is 13.0 Å². The van der Waals surface area contributed by atoms with Gasteiger partial charge >= 0.3 is 0 Å². The van der Waals surface area contributed by atoms with Crippen molar-refractivity contribution in [3.8, 4) is 0 Å². The van der Waals surface area contributed by atoms with E-state index in [1.165, 1.54) is 0 Å². The second-order valence-electron chi connectivity index (χ2n) is 4.99. The van der Waals surface area contributed by atoms with E-state index < -0.39 is 6.10 Å². The van der Waals surface area contributed by atoms with Crippen molar-refractivity contribution in [2.45, 2.75) is 32.9 Å². The number of halogens is 1. The maximum absolute atomic E-state index is 10.3. The zero-order chi connectivity index (χ0) is 13.8. The van der Waals surface area contributed by atoms with E-state index in [4.69, 9.17) is 0 Å². The van der Waals surface area contributed by atoms with Crippen LogP contribution in [0.25, 0.3) is 0 Å². The molecule has 0 fully saturated rings. The molecule has 1 heterocycles. The Hall–Kier alpha value is -1.20. The third-order valence-corrected chi connectivity index (χ3v) is 3.60. The number of hydrogen-bond acceptors (Lipinski definition) is 3. The average molecular weight is 324 g/mol. The molecule has 1 unspecified atom stereocenters. The molecule has 1 N–H and O–H groups in total. The molecule has 0 amide bonds. The lowest BCUT2D eigenvalue weighted by molar-refractivity contribution is 0.172. The fourth-order valence-electron chi connectivity index (χ4n) is 1.97. The normalized spacial score (nSPS) is 12.9. The van der Waals surface area contributed by atoms with E-state index in [0.717, 1.165) is 22.4 Å². The largest absolute Gasteiger partial charge is 0.388 e. The molecule has 0 radical (unpaired) electrons. The van der Waals surface area contributed by atoms with Gasteiger partial charge in [-0.15, -0.1) is 0 Å². The van der Waals surface area contributed by atoms with E-state index in [1.54, 1.807) is 6.33 Å². The van der Waals surface area contributed by atoms with Crippen LogP contribution in [0.15, 0.2) is 35.1 Å². The van der Waals surface area contributed by atoms with Gasteiger partial charge in [0.05, 0.1) is 6.10 Å². The first-order chi connectivity index (χ1) is 9.08. The number of aliphatic hydroxyl groups is 1. The third kappa shape index (κ3) is 3.64. The average Bonchev–Trinajstić information content (AvgIpc) is 2.76. The molecule has 4 nitrogen and oxygen atoms in total. The highest BCUT2D eigenvalue weighted by Gasteiger charge is 2.15. The van der Waals surface area contributed by atoms with E-state index in [0.29, 0.717) is 12.3 Å². The molecule has 0 spiro atoms. The van der Waals surface area contributed by atoms with Crippen LogP contribution < -0.4 is 0 Å². The van der Waals surface area contributed by atoms with Gasteiger partial charge in [0.15, 0.2) is 0 Å². The van der Waals surface area contributed by atoms with Crippen LogP contribution in [0.2, 0.25) is 0 Å². The Labute approximate surface area is 121 Å². The van der Waals surface area contributed by atoms with Crippen molar-refractivity contribution >= 4 is 15.9 Å². The predicted octanol–water partition coefficient (Wildman–Crippen LogP) is 2.97. The highest BCUT2D eigenvalue weighted by atomic mass is 79.9. The molecule has 19 heavy (non-hydrogen) atoms. The molecule has 2 aromatic rings. The lowest BCUT2D eigenvalue weighted by Crippen LogP contribution is -2.13. The minimum Gasteiger partial charge on any atom is -0.388 e. The van der Waals surface area contributed by atoms with E-state index >= 15 is 0 Å². The van der Waals surface area contributed by atoms with Crippen molar-refractivity contribution in [1.82, 2.24) is 14.8 Å². The number of hydrogen-bond donors (Lipinski definition) is 1. The second-order valence-corrected chi connectivity index (χ2v) is 5.85. The molecule has 1 aromatic heterocycles. The molecular formula is C14H18BrN3O. The van der Waals surface area contributed by atoms with E-state index in [2.05, 4.69) is 39.9 Å². The first-order valence-electron chi connectivity index (χ1n) is 6.37. The van der Waals surface area contributed by atoms with Gasteiger partial charge in [0.25, 0.3) is 0 Å². The Morgan fingerprint density at radius 3 is 2.74 bits per heavy atom. The number of aliphatic hydroxyl groups excluding tert-OH is 1. The Morgan fingerprint density at radius 1 is 1.32 bits per heavy atom. The summed E-state index contributed by atoms with van der Waals surface area (Å²) in [5.41, 5.74) is 0.876. The van der Waals surface area contributed by atoms with Gasteiger partial charge in [-0.3, -0.25) is 0 Å². The Balaban J connectivity index is 2.13. The summed E-state index contributed by atoms with van der Waals surface area (Å²) in [7, 11) is 0. The highest BCUT2D eigenvalue weighted by Crippen LogP contribution is 2.25. The van der Waals surface area contributed by atoms with Gasteiger partial charge in [-0.05, 0) is 17.5 Å². The molecule has 0 saturated carbocycles. The van der Waals surface area contributed by atoms with Gasteiger partial charge in [0.2, 0.25) is 0 Å². The Bertz CT molecular complexity index is 539. The lowest BCUT2D eigenvalue weighted by atomic mass is 10.1. The van der Waals surface area contributed by atoms with Crippen molar-refractivity contribution in [3.05, 3.63) is 46.5 Å². The fourth-order valence-corrected chi connectivity index (χ4v) is 2.52. The van der Waals surface area contributed by atoms with Crippen molar-refractivity contribution in [3.63, 3.8) is 0 Å². The van der Waals surface area contributed by atoms with Crippen LogP contribution in [-0.4, -0.2) is 19.9 Å². The van der Waals surface area contributed by atoms with E-state index in [1.807, 2.05) is 28.9 Å². The number of benzene rings is 1. The van der Waals surface area contributed by atoms with Crippen molar-refractivity contribution in [2.24, 2.45) is 5.92 Å². The molecule has 0 aliphatic carbocycles. The summed E-state index contributed by atoms with van der Waals surface area (Å²) in [5, 5.41) is 14.5. The van der Waals surface area contributed by atoms with Gasteiger partial charge in [0.1, 0.15) is 12.2 Å². The summed E-state index contributed by atoms with van der Waals surface area (Å²) in [6.07, 6.45) is 1.44. The van der Waals surface area contributed by atoms with Gasteiger partial charge in [-0.1, -0.05) is 48.0 Å². The van der Waals surface area contributed by atoms with Crippen LogP contribution in [0.1, 0.15) is 31.3 Å². The summed E-state index contributed by atoms with van der Waals surface area (Å²) in [6, 6.07) is 7.69. The summed E-state index contributed by atoms with van der Waals surface area (Å²) >= 11 is 3.46. The van der Waals surface area contributed by atoms with E-state index in [9.17, 15) is 5.11 Å². The zero-order valence-electron chi connectivity index (χ0n) is 11.1. The molecule has 2 rings (SSSR count). The standard InChI is InChI=1S/C14H18BrN3O/c1-10(2)8-18-14(16-9-17-18)7-13(19)11-5-3-4-6-12(11)15/h3-6,9-10,13,19H,7-8H2,1-2H3. The maximum Gasteiger partial charge on any atom is 0.138 e. The SMILES string of the molecule is CC(C)Cn1ncnc1CC(O)c1ccccc1Br. The van der Waals surface area contributed by atoms with Crippen LogP contribution >= 0.6 is 15.9 Å². The molecule has 0 aliphatic rings. The quantitative estimate of drug-likeness (QED) is 0.920. The molecule has 0 aliphatic heterocycles. The van der Waals surface area contributed by atoms with Gasteiger partial charge in [0, 0.05) is 17.4 Å². The van der Waals surface area contributed by atoms with Crippen molar-refractivity contribution < 1.29 is 5.11 Å². The molecular weight excluding hydrogens is 306 g/mol. The van der Waals surface area contributed by atoms with Gasteiger partial charge < -0.3 is 5.11 Å². The van der Waals surface area contributed by atoms with Crippen LogP contribution in [0.5, 0.6) is 0 Å². The minimum atomic E-state index is -0.578.